The first-order valence-electron chi connectivity index (χ1n) is 21.0. The minimum absolute atomic E-state index is 0.0283. The number of thioether (sulfide) groups is 1. The third-order valence-electron chi connectivity index (χ3n) is 9.92. The molecule has 18 heteroatoms. The fourth-order valence-electron chi connectivity index (χ4n) is 6.50. The second-order valence-electron chi connectivity index (χ2n) is 15.4. The van der Waals surface area contributed by atoms with E-state index in [0.717, 1.165) is 29.9 Å². The quantitative estimate of drug-likeness (QED) is 0.0557. The van der Waals surface area contributed by atoms with Crippen LogP contribution < -0.4 is 43.0 Å². The van der Waals surface area contributed by atoms with Crippen LogP contribution in [0.15, 0.2) is 54.6 Å². The van der Waals surface area contributed by atoms with Crippen LogP contribution in [0.3, 0.4) is 0 Å². The van der Waals surface area contributed by atoms with Crippen molar-refractivity contribution in [1.29, 1.82) is 0 Å². The highest BCUT2D eigenvalue weighted by atomic mass is 32.2. The number of carbonyl (C=O) groups excluding carboxylic acids is 7. The van der Waals surface area contributed by atoms with Crippen LogP contribution in [-0.2, 0) is 39.3 Å². The summed E-state index contributed by atoms with van der Waals surface area (Å²) in [7, 11) is 0. The molecule has 17 nitrogen and oxygen atoms in total. The van der Waals surface area contributed by atoms with E-state index in [1.807, 2.05) is 30.3 Å². The number of nitrogens with one attached hydrogen (secondary N) is 7. The number of urea groups is 1. The van der Waals surface area contributed by atoms with Crippen molar-refractivity contribution in [2.24, 2.45) is 11.7 Å². The van der Waals surface area contributed by atoms with Crippen molar-refractivity contribution in [2.75, 3.05) is 22.9 Å². The number of carbonyl (C=O) groups is 8. The molecular weight excluding hydrogens is 805 g/mol. The summed E-state index contributed by atoms with van der Waals surface area (Å²) in [6.45, 7) is 3.75. The average Bonchev–Trinajstić information content (AvgIpc) is 3.66. The van der Waals surface area contributed by atoms with Gasteiger partial charge in [0.25, 0.3) is 0 Å². The number of anilines is 2. The number of nitrogens with two attached hydrogens (primary N) is 1. The molecule has 4 atom stereocenters. The zero-order valence-electron chi connectivity index (χ0n) is 35.1. The van der Waals surface area contributed by atoms with E-state index in [2.05, 4.69) is 37.2 Å². The molecule has 1 aliphatic heterocycles. The topological polar surface area (TPSA) is 267 Å². The van der Waals surface area contributed by atoms with Crippen LogP contribution in [0, 0.1) is 5.92 Å². The maximum Gasteiger partial charge on any atom is 0.312 e. The van der Waals surface area contributed by atoms with Gasteiger partial charge in [0, 0.05) is 42.9 Å². The third kappa shape index (κ3) is 20.0. The molecule has 1 heterocycles. The highest BCUT2D eigenvalue weighted by Crippen LogP contribution is 2.19. The largest absolute Gasteiger partial charge is 0.481 e. The number of carboxylic acids is 1. The molecule has 0 aliphatic carbocycles. The number of carboxylic acid groups (broad SMARTS) is 1. The fourth-order valence-corrected chi connectivity index (χ4v) is 7.48. The third-order valence-corrected chi connectivity index (χ3v) is 11.0. The van der Waals surface area contributed by atoms with E-state index in [9.17, 15) is 38.4 Å². The van der Waals surface area contributed by atoms with Gasteiger partial charge in [-0.1, -0.05) is 63.4 Å². The Balaban J connectivity index is 1.46. The summed E-state index contributed by atoms with van der Waals surface area (Å²) >= 11 is 1.75. The second kappa shape index (κ2) is 27.2. The Morgan fingerprint density at radius 3 is 2.00 bits per heavy atom. The minimum Gasteiger partial charge on any atom is -0.481 e. The highest BCUT2D eigenvalue weighted by Gasteiger charge is 2.31. The number of amides is 8. The Kier molecular flexibility index (Phi) is 22.2. The Labute approximate surface area is 361 Å². The summed E-state index contributed by atoms with van der Waals surface area (Å²) in [6.07, 6.45) is 5.79. The molecule has 2 aromatic rings. The first-order chi connectivity index (χ1) is 29.2. The second-order valence-corrected chi connectivity index (χ2v) is 16.5. The Hall–Kier alpha value is -5.65. The summed E-state index contributed by atoms with van der Waals surface area (Å²) < 4.78 is 0. The van der Waals surface area contributed by atoms with Crippen molar-refractivity contribution in [2.45, 2.75) is 127 Å². The predicted octanol–water partition coefficient (Wildman–Crippen LogP) is 3.93. The highest BCUT2D eigenvalue weighted by molar-refractivity contribution is 7.98. The van der Waals surface area contributed by atoms with E-state index in [4.69, 9.17) is 10.8 Å². The molecule has 0 spiro atoms. The maximum absolute atomic E-state index is 13.5. The van der Waals surface area contributed by atoms with Crippen molar-refractivity contribution in [3.8, 4) is 0 Å². The van der Waals surface area contributed by atoms with Crippen molar-refractivity contribution in [3.63, 3.8) is 0 Å². The van der Waals surface area contributed by atoms with E-state index in [1.165, 1.54) is 0 Å². The van der Waals surface area contributed by atoms with Crippen molar-refractivity contribution >= 4 is 70.6 Å². The van der Waals surface area contributed by atoms with Crippen LogP contribution in [0.25, 0.3) is 0 Å². The fraction of sp³-hybridized carbons (Fsp3) is 0.535. The Bertz CT molecular complexity index is 1760. The lowest BCUT2D eigenvalue weighted by atomic mass is 10.0. The molecule has 0 aromatic heterocycles. The molecule has 1 aliphatic rings. The molecule has 0 bridgehead atoms. The number of benzene rings is 2. The number of para-hydroxylation sites is 1. The summed E-state index contributed by atoms with van der Waals surface area (Å²) in [5.74, 6) is -1.77. The number of hydrogen-bond donors (Lipinski definition) is 9. The van der Waals surface area contributed by atoms with E-state index < -0.39 is 48.0 Å². The number of hydrogen-bond acceptors (Lipinski definition) is 9. The van der Waals surface area contributed by atoms with Crippen molar-refractivity contribution < 1.29 is 43.5 Å². The van der Waals surface area contributed by atoms with Gasteiger partial charge in [0.1, 0.15) is 24.2 Å². The van der Waals surface area contributed by atoms with Gasteiger partial charge in [-0.05, 0) is 86.4 Å². The van der Waals surface area contributed by atoms with Gasteiger partial charge in [-0.15, -0.1) is 0 Å². The van der Waals surface area contributed by atoms with E-state index >= 15 is 0 Å². The minimum atomic E-state index is -0.980. The number of primary amides is 1. The number of unbranched alkanes of at least 4 members (excludes halogenated alkanes) is 4. The van der Waals surface area contributed by atoms with Crippen LogP contribution in [0.1, 0.15) is 103 Å². The molecule has 10 N–H and O–H groups in total. The van der Waals surface area contributed by atoms with E-state index in [-0.39, 0.29) is 61.8 Å². The lowest BCUT2D eigenvalue weighted by molar-refractivity contribution is -0.137. The van der Waals surface area contributed by atoms with Crippen molar-refractivity contribution in [3.05, 3.63) is 60.2 Å². The van der Waals surface area contributed by atoms with Gasteiger partial charge in [0.2, 0.25) is 35.4 Å². The monoisotopic (exact) mass is 866 g/mol. The maximum atomic E-state index is 13.5. The summed E-state index contributed by atoms with van der Waals surface area (Å²) in [5.41, 5.74) is 7.38. The van der Waals surface area contributed by atoms with Crippen LogP contribution in [-0.4, -0.2) is 89.0 Å². The number of rotatable bonds is 28. The molecular formula is C43H62N8O9S. The predicted molar refractivity (Wildman–Crippen MR) is 234 cm³/mol. The standard InChI is InChI=1S/C43H62N8O9S/c1-28(2)38(51-35(52)17-9-4-10-18-37(54)55)42(59)50-33(16-12-25-45-43(44)60)40(57)47-31-21-19-29(20-22-31)27-61-26-11-5-8-15-32(39(56)46-30-13-6-3-7-14-30)49-41(58)34-23-24-36(53)48-34/h3,6-7,13-14,19-22,28,32-34,38H,4-5,8-12,15-18,23-27H2,1-2H3,(H,46,56)(H,47,57)(H,48,53)(H,49,58)(H,50,59)(H,51,52)(H,54,55)(H3,44,45,60)/t32-,33-,34+,38-/m0/s1. The first kappa shape index (κ1) is 49.7. The average molecular weight is 867 g/mol. The lowest BCUT2D eigenvalue weighted by Crippen LogP contribution is -2.54. The van der Waals surface area contributed by atoms with Crippen LogP contribution in [0.4, 0.5) is 16.2 Å². The van der Waals surface area contributed by atoms with Gasteiger partial charge >= 0.3 is 12.0 Å². The van der Waals surface area contributed by atoms with E-state index in [0.29, 0.717) is 56.3 Å². The molecule has 0 saturated carbocycles. The molecule has 1 saturated heterocycles. The molecule has 334 valence electrons. The molecule has 8 amide bonds. The van der Waals surface area contributed by atoms with Crippen molar-refractivity contribution in [1.82, 2.24) is 26.6 Å². The van der Waals surface area contributed by atoms with E-state index in [1.54, 1.807) is 49.9 Å². The normalized spacial score (nSPS) is 14.8. The smallest absolute Gasteiger partial charge is 0.312 e. The van der Waals surface area contributed by atoms with Gasteiger partial charge < -0.3 is 48.1 Å². The molecule has 61 heavy (non-hydrogen) atoms. The first-order valence-corrected chi connectivity index (χ1v) is 22.1. The number of aliphatic carboxylic acids is 1. The SMILES string of the molecule is CC(C)[C@H](NC(=O)CCCCCC(=O)O)C(=O)N[C@@H](CCCNC(N)=O)C(=O)Nc1ccc(CSCCCCC[C@H](NC(=O)[C@H]2CCC(=O)N2)C(=O)Nc2ccccc2)cc1. The lowest BCUT2D eigenvalue weighted by Gasteiger charge is -2.25. The summed E-state index contributed by atoms with van der Waals surface area (Å²) in [5, 5.41) is 28.0. The molecule has 0 unspecified atom stereocenters. The van der Waals surface area contributed by atoms with Gasteiger partial charge in [0.05, 0.1) is 0 Å². The molecule has 1 fully saturated rings. The summed E-state index contributed by atoms with van der Waals surface area (Å²) in [6, 6.07) is 12.4. The Morgan fingerprint density at radius 2 is 1.38 bits per heavy atom. The molecule has 0 radical (unpaired) electrons. The van der Waals surface area contributed by atoms with Gasteiger partial charge in [0.15, 0.2) is 0 Å². The molecule has 3 rings (SSSR count). The Morgan fingerprint density at radius 1 is 0.754 bits per heavy atom. The molecule has 2 aromatic carbocycles. The van der Waals surface area contributed by atoms with Crippen LogP contribution in [0.5, 0.6) is 0 Å². The van der Waals surface area contributed by atoms with Gasteiger partial charge in [-0.25, -0.2) is 4.79 Å². The summed E-state index contributed by atoms with van der Waals surface area (Å²) in [4.78, 5) is 99.0. The zero-order valence-corrected chi connectivity index (χ0v) is 35.9. The van der Waals surface area contributed by atoms with Gasteiger partial charge in [-0.3, -0.25) is 33.6 Å². The van der Waals surface area contributed by atoms with Crippen LogP contribution >= 0.6 is 11.8 Å². The zero-order chi connectivity index (χ0) is 44.6. The van der Waals surface area contributed by atoms with Crippen LogP contribution in [0.2, 0.25) is 0 Å². The van der Waals surface area contributed by atoms with Gasteiger partial charge in [-0.2, -0.15) is 11.8 Å².